The molecule has 0 rings (SSSR count). The van der Waals surface area contributed by atoms with E-state index in [2.05, 4.69) is 5.32 Å². The van der Waals surface area contributed by atoms with Gasteiger partial charge >= 0.3 is 5.97 Å². The molecule has 0 fully saturated rings. The fraction of sp³-hybridized carbons (Fsp3) is 0.833. The van der Waals surface area contributed by atoms with Crippen LogP contribution in [0.5, 0.6) is 0 Å². The number of carboxylic acids is 1. The summed E-state index contributed by atoms with van der Waals surface area (Å²) in [7, 11) is 1.82. The van der Waals surface area contributed by atoms with E-state index in [4.69, 9.17) is 5.73 Å². The van der Waals surface area contributed by atoms with Gasteiger partial charge in [0.15, 0.2) is 0 Å². The van der Waals surface area contributed by atoms with Crippen molar-refractivity contribution >= 4 is 17.8 Å². The van der Waals surface area contributed by atoms with E-state index in [1.807, 2.05) is 39.6 Å². The van der Waals surface area contributed by atoms with Gasteiger partial charge in [0.1, 0.15) is 6.04 Å². The lowest BCUT2D eigenvalue weighted by atomic mass is 9.90. The number of nitrogens with zero attached hydrogens (tertiary/aromatic N) is 1. The summed E-state index contributed by atoms with van der Waals surface area (Å²) in [5.41, 5.74) is 5.16. The summed E-state index contributed by atoms with van der Waals surface area (Å²) in [6.45, 7) is 8.34. The number of unbranched alkanes of at least 4 members (excludes halogenated alkanes) is 1. The molecule has 0 aromatic heterocycles. The molecule has 4 N–H and O–H groups in total. The highest BCUT2D eigenvalue weighted by Crippen LogP contribution is 2.17. The Morgan fingerprint density at radius 1 is 1.08 bits per heavy atom. The third kappa shape index (κ3) is 9.43. The zero-order chi connectivity index (χ0) is 19.6. The van der Waals surface area contributed by atoms with Crippen LogP contribution in [0.2, 0.25) is 0 Å². The van der Waals surface area contributed by atoms with Crippen LogP contribution < -0.4 is 11.1 Å². The first-order chi connectivity index (χ1) is 11.6. The highest BCUT2D eigenvalue weighted by molar-refractivity contribution is 5.80. The van der Waals surface area contributed by atoms with Gasteiger partial charge in [0, 0.05) is 24.9 Å². The Balaban J connectivity index is 4.25. The maximum absolute atomic E-state index is 12.2. The van der Waals surface area contributed by atoms with Crippen LogP contribution in [0.15, 0.2) is 0 Å². The zero-order valence-corrected chi connectivity index (χ0v) is 16.2. The molecule has 0 saturated heterocycles. The predicted molar refractivity (Wildman–Crippen MR) is 97.9 cm³/mol. The molecule has 7 nitrogen and oxygen atoms in total. The molecule has 2 unspecified atom stereocenters. The van der Waals surface area contributed by atoms with Crippen molar-refractivity contribution in [3.05, 3.63) is 0 Å². The van der Waals surface area contributed by atoms with Gasteiger partial charge in [-0.15, -0.1) is 0 Å². The summed E-state index contributed by atoms with van der Waals surface area (Å²) < 4.78 is 0. The Labute approximate surface area is 151 Å². The number of carbonyl (C=O) groups excluding carboxylic acids is 2. The van der Waals surface area contributed by atoms with Gasteiger partial charge in [-0.25, -0.2) is 0 Å². The van der Waals surface area contributed by atoms with Crippen molar-refractivity contribution in [1.82, 2.24) is 10.2 Å². The third-order valence-corrected chi connectivity index (χ3v) is 4.64. The summed E-state index contributed by atoms with van der Waals surface area (Å²) >= 11 is 0. The Morgan fingerprint density at radius 2 is 1.68 bits per heavy atom. The molecular formula is C18H35N3O4. The van der Waals surface area contributed by atoms with E-state index in [-0.39, 0.29) is 30.2 Å². The van der Waals surface area contributed by atoms with E-state index in [9.17, 15) is 19.5 Å². The highest BCUT2D eigenvalue weighted by atomic mass is 16.4. The number of carboxylic acid groups (broad SMARTS) is 1. The van der Waals surface area contributed by atoms with E-state index >= 15 is 0 Å². The molecule has 0 bridgehead atoms. The van der Waals surface area contributed by atoms with Crippen molar-refractivity contribution in [2.75, 3.05) is 13.6 Å². The number of aliphatic carboxylic acids is 1. The minimum Gasteiger partial charge on any atom is -0.480 e. The molecule has 0 aromatic carbocycles. The number of hydrogen-bond donors (Lipinski definition) is 3. The first-order valence-electron chi connectivity index (χ1n) is 9.08. The molecule has 0 spiro atoms. The summed E-state index contributed by atoms with van der Waals surface area (Å²) in [6.07, 6.45) is 2.66. The number of nitrogens with one attached hydrogen (secondary N) is 1. The molecule has 0 heterocycles. The molecule has 2 atom stereocenters. The van der Waals surface area contributed by atoms with Crippen molar-refractivity contribution in [2.45, 2.75) is 71.9 Å². The van der Waals surface area contributed by atoms with Gasteiger partial charge in [-0.2, -0.15) is 0 Å². The van der Waals surface area contributed by atoms with Crippen molar-refractivity contribution < 1.29 is 19.5 Å². The maximum Gasteiger partial charge on any atom is 0.320 e. The Bertz CT molecular complexity index is 438. The fourth-order valence-electron chi connectivity index (χ4n) is 2.73. The van der Waals surface area contributed by atoms with Gasteiger partial charge in [0.25, 0.3) is 0 Å². The van der Waals surface area contributed by atoms with Crippen LogP contribution in [0, 0.1) is 11.8 Å². The van der Waals surface area contributed by atoms with E-state index in [1.54, 1.807) is 0 Å². The van der Waals surface area contributed by atoms with Crippen LogP contribution >= 0.6 is 0 Å². The molecule has 25 heavy (non-hydrogen) atoms. The van der Waals surface area contributed by atoms with Gasteiger partial charge in [0.2, 0.25) is 11.8 Å². The largest absolute Gasteiger partial charge is 0.480 e. The summed E-state index contributed by atoms with van der Waals surface area (Å²) in [5, 5.41) is 12.2. The monoisotopic (exact) mass is 357 g/mol. The molecule has 0 saturated carbocycles. The highest BCUT2D eigenvalue weighted by Gasteiger charge is 2.24. The molecule has 0 aliphatic rings. The standard InChI is InChI=1S/C18H35N3O4/c1-12(2)14(9-10-16(19)22)17(23)20-11-7-6-8-15(18(24)25)21(5)13(3)4/h12-15H,6-11H2,1-5H3,(H2,19,22)(H,20,23)(H,24,25). The number of amides is 2. The van der Waals surface area contributed by atoms with Crippen molar-refractivity contribution in [2.24, 2.45) is 17.6 Å². The first kappa shape index (κ1) is 23.4. The minimum absolute atomic E-state index is 0.0645. The van der Waals surface area contributed by atoms with Gasteiger partial charge in [-0.1, -0.05) is 13.8 Å². The van der Waals surface area contributed by atoms with E-state index in [0.29, 0.717) is 19.4 Å². The SMILES string of the molecule is CC(C)C(CCC(N)=O)C(=O)NCCCCC(C(=O)O)N(C)C(C)C. The van der Waals surface area contributed by atoms with Gasteiger partial charge in [-0.05, 0) is 52.5 Å². The normalized spacial score (nSPS) is 13.9. The summed E-state index contributed by atoms with van der Waals surface area (Å²) in [6, 6.07) is -0.340. The lowest BCUT2D eigenvalue weighted by Crippen LogP contribution is -2.42. The number of primary amides is 1. The Hall–Kier alpha value is -1.63. The lowest BCUT2D eigenvalue weighted by molar-refractivity contribution is -0.143. The van der Waals surface area contributed by atoms with E-state index in [0.717, 1.165) is 12.8 Å². The smallest absolute Gasteiger partial charge is 0.320 e. The molecule has 0 radical (unpaired) electrons. The third-order valence-electron chi connectivity index (χ3n) is 4.64. The lowest BCUT2D eigenvalue weighted by Gasteiger charge is -2.28. The van der Waals surface area contributed by atoms with Crippen LogP contribution in [-0.4, -0.2) is 53.5 Å². The molecule has 0 aliphatic carbocycles. The van der Waals surface area contributed by atoms with Crippen molar-refractivity contribution in [1.29, 1.82) is 0 Å². The number of nitrogens with two attached hydrogens (primary N) is 1. The second-order valence-corrected chi connectivity index (χ2v) is 7.26. The van der Waals surface area contributed by atoms with E-state index < -0.39 is 17.9 Å². The number of carbonyl (C=O) groups is 3. The second-order valence-electron chi connectivity index (χ2n) is 7.26. The quantitative estimate of drug-likeness (QED) is 0.433. The summed E-state index contributed by atoms with van der Waals surface area (Å²) in [5.74, 6) is -1.37. The minimum atomic E-state index is -0.813. The van der Waals surface area contributed by atoms with Crippen molar-refractivity contribution in [3.63, 3.8) is 0 Å². The topological polar surface area (TPSA) is 113 Å². The molecular weight excluding hydrogens is 322 g/mol. The molecule has 0 aromatic rings. The van der Waals surface area contributed by atoms with Gasteiger partial charge in [-0.3, -0.25) is 19.3 Å². The molecule has 2 amide bonds. The maximum atomic E-state index is 12.2. The average Bonchev–Trinajstić information content (AvgIpc) is 2.49. The van der Waals surface area contributed by atoms with Crippen molar-refractivity contribution in [3.8, 4) is 0 Å². The zero-order valence-electron chi connectivity index (χ0n) is 16.2. The Kier molecular flexibility index (Phi) is 11.1. The van der Waals surface area contributed by atoms with Gasteiger partial charge < -0.3 is 16.2 Å². The number of hydrogen-bond acceptors (Lipinski definition) is 4. The van der Waals surface area contributed by atoms with Gasteiger partial charge in [0.05, 0.1) is 0 Å². The number of likely N-dealkylation sites (N-methyl/N-ethyl adjacent to an activating group) is 1. The Morgan fingerprint density at radius 3 is 2.12 bits per heavy atom. The average molecular weight is 357 g/mol. The molecule has 7 heteroatoms. The summed E-state index contributed by atoms with van der Waals surface area (Å²) in [4.78, 5) is 36.3. The first-order valence-corrected chi connectivity index (χ1v) is 9.08. The van der Waals surface area contributed by atoms with Crippen LogP contribution in [0.4, 0.5) is 0 Å². The van der Waals surface area contributed by atoms with E-state index in [1.165, 1.54) is 0 Å². The fourth-order valence-corrected chi connectivity index (χ4v) is 2.73. The predicted octanol–water partition coefficient (Wildman–Crippen LogP) is 1.60. The van der Waals surface area contributed by atoms with Crippen LogP contribution in [0.25, 0.3) is 0 Å². The van der Waals surface area contributed by atoms with Crippen LogP contribution in [0.3, 0.4) is 0 Å². The molecule has 0 aliphatic heterocycles. The molecule has 146 valence electrons. The van der Waals surface area contributed by atoms with Crippen LogP contribution in [0.1, 0.15) is 59.8 Å². The van der Waals surface area contributed by atoms with Crippen LogP contribution in [-0.2, 0) is 14.4 Å². The number of rotatable bonds is 13. The second kappa shape index (κ2) is 11.8.